The zero-order valence-electron chi connectivity index (χ0n) is 14.0. The summed E-state index contributed by atoms with van der Waals surface area (Å²) >= 11 is 0. The molecule has 0 bridgehead atoms. The monoisotopic (exact) mass is 229 g/mol. The molecular formula is C14H26O2. The number of hydrogen-bond donors (Lipinski definition) is 2. The Kier molecular flexibility index (Phi) is 3.79. The molecule has 0 heterocycles. The Hall–Kier alpha value is -0.520. The van der Waals surface area contributed by atoms with Gasteiger partial charge in [0.05, 0.1) is 0 Å². The van der Waals surface area contributed by atoms with Gasteiger partial charge in [-0.25, -0.2) is 0 Å². The Morgan fingerprint density at radius 2 is 1.38 bits per heavy atom. The molecule has 0 saturated carbocycles. The Balaban J connectivity index is 4.79. The summed E-state index contributed by atoms with van der Waals surface area (Å²) in [6, 6.07) is 0. The largest absolute Gasteiger partial charge is 0.378 e. The average molecular weight is 229 g/mol. The summed E-state index contributed by atoms with van der Waals surface area (Å²) in [5.41, 5.74) is -2.57. The first-order valence-electron chi connectivity index (χ1n) is 7.24. The van der Waals surface area contributed by atoms with Gasteiger partial charge in [0.1, 0.15) is 11.2 Å². The van der Waals surface area contributed by atoms with Crippen molar-refractivity contribution in [2.45, 2.75) is 65.5 Å². The molecule has 94 valence electrons. The molecule has 2 N–H and O–H groups in total. The molecule has 0 aromatic carbocycles. The van der Waals surface area contributed by atoms with Gasteiger partial charge in [0.25, 0.3) is 0 Å². The maximum absolute atomic E-state index is 10.1. The van der Waals surface area contributed by atoms with Gasteiger partial charge in [-0.2, -0.15) is 0 Å². The Labute approximate surface area is 104 Å². The third kappa shape index (κ3) is 7.73. The highest BCUT2D eigenvalue weighted by molar-refractivity contribution is 5.19. The maximum atomic E-state index is 10.1. The van der Waals surface area contributed by atoms with Gasteiger partial charge in [0, 0.05) is 4.11 Å². The van der Waals surface area contributed by atoms with Crippen LogP contribution >= 0.6 is 0 Å². The zero-order chi connectivity index (χ0) is 15.5. The summed E-state index contributed by atoms with van der Waals surface area (Å²) in [5, 5.41) is 20.2. The van der Waals surface area contributed by atoms with Crippen LogP contribution in [0.15, 0.2) is 0 Å². The lowest BCUT2D eigenvalue weighted by Crippen LogP contribution is -2.28. The van der Waals surface area contributed by atoms with Gasteiger partial charge in [0.2, 0.25) is 0 Å². The summed E-state index contributed by atoms with van der Waals surface area (Å²) < 4.78 is 21.9. The van der Waals surface area contributed by atoms with Crippen molar-refractivity contribution >= 4 is 0 Å². The van der Waals surface area contributed by atoms with Gasteiger partial charge >= 0.3 is 0 Å². The highest BCUT2D eigenvalue weighted by Gasteiger charge is 2.22. The van der Waals surface area contributed by atoms with Crippen molar-refractivity contribution in [3.05, 3.63) is 0 Å². The van der Waals surface area contributed by atoms with E-state index in [-0.39, 0.29) is 12.3 Å². The summed E-state index contributed by atoms with van der Waals surface area (Å²) in [5.74, 6) is 4.91. The van der Waals surface area contributed by atoms with E-state index in [1.165, 1.54) is 6.92 Å². The fourth-order valence-corrected chi connectivity index (χ4v) is 1.76. The Morgan fingerprint density at radius 1 is 1.00 bits per heavy atom. The summed E-state index contributed by atoms with van der Waals surface area (Å²) in [6.07, 6.45) is 0.555. The second kappa shape index (κ2) is 5.70. The summed E-state index contributed by atoms with van der Waals surface area (Å²) in [6.45, 7) is 6.49. The van der Waals surface area contributed by atoms with E-state index >= 15 is 0 Å². The van der Waals surface area contributed by atoms with Crippen molar-refractivity contribution in [2.75, 3.05) is 0 Å². The predicted molar refractivity (Wildman–Crippen MR) is 67.9 cm³/mol. The zero-order valence-corrected chi connectivity index (χ0v) is 11.0. The molecule has 0 aliphatic heterocycles. The van der Waals surface area contributed by atoms with E-state index in [0.29, 0.717) is 6.42 Å². The molecule has 3 unspecified atom stereocenters. The topological polar surface area (TPSA) is 40.5 Å². The Bertz CT molecular complexity index is 346. The molecule has 0 aromatic rings. The molecule has 0 aliphatic rings. The van der Waals surface area contributed by atoms with E-state index < -0.39 is 24.0 Å². The van der Waals surface area contributed by atoms with Crippen LogP contribution in [0.5, 0.6) is 0 Å². The molecule has 0 amide bonds. The molecule has 0 fully saturated rings. The molecule has 0 rings (SSSR count). The van der Waals surface area contributed by atoms with Crippen LogP contribution in [0.4, 0.5) is 0 Å². The SMILES string of the molecule is [2H]C([2H])([2H])C(C)CC(C)(O)C#CC(C)(O)CC(C)C. The fourth-order valence-electron chi connectivity index (χ4n) is 1.76. The van der Waals surface area contributed by atoms with Gasteiger partial charge in [-0.1, -0.05) is 39.5 Å². The van der Waals surface area contributed by atoms with Gasteiger partial charge in [-0.3, -0.25) is 0 Å². The van der Waals surface area contributed by atoms with Crippen molar-refractivity contribution in [1.29, 1.82) is 0 Å². The molecule has 2 heteroatoms. The lowest BCUT2D eigenvalue weighted by molar-refractivity contribution is 0.0859. The number of hydrogen-bond acceptors (Lipinski definition) is 2. The molecule has 0 spiro atoms. The van der Waals surface area contributed by atoms with Crippen LogP contribution in [-0.2, 0) is 0 Å². The maximum Gasteiger partial charge on any atom is 0.123 e. The van der Waals surface area contributed by atoms with E-state index in [2.05, 4.69) is 11.8 Å². The lowest BCUT2D eigenvalue weighted by Gasteiger charge is -2.22. The minimum absolute atomic E-state index is 0.0499. The quantitative estimate of drug-likeness (QED) is 0.727. The Morgan fingerprint density at radius 3 is 1.69 bits per heavy atom. The van der Waals surface area contributed by atoms with Crippen molar-refractivity contribution in [3.63, 3.8) is 0 Å². The second-order valence-corrected chi connectivity index (χ2v) is 5.50. The van der Waals surface area contributed by atoms with Crippen molar-refractivity contribution in [2.24, 2.45) is 11.8 Å². The van der Waals surface area contributed by atoms with E-state index in [1.54, 1.807) is 13.8 Å². The van der Waals surface area contributed by atoms with Crippen molar-refractivity contribution in [3.8, 4) is 11.8 Å². The highest BCUT2D eigenvalue weighted by atomic mass is 16.3. The lowest BCUT2D eigenvalue weighted by atomic mass is 9.91. The van der Waals surface area contributed by atoms with Gasteiger partial charge in [-0.05, 0) is 38.5 Å². The minimum Gasteiger partial charge on any atom is -0.378 e. The molecule has 0 radical (unpaired) electrons. The van der Waals surface area contributed by atoms with E-state index in [0.717, 1.165) is 0 Å². The van der Waals surface area contributed by atoms with Gasteiger partial charge < -0.3 is 10.2 Å². The normalized spacial score (nSPS) is 24.1. The van der Waals surface area contributed by atoms with Crippen LogP contribution in [0.2, 0.25) is 0 Å². The van der Waals surface area contributed by atoms with E-state index in [9.17, 15) is 10.2 Å². The van der Waals surface area contributed by atoms with Crippen LogP contribution in [0.3, 0.4) is 0 Å². The molecule has 0 aromatic heterocycles. The van der Waals surface area contributed by atoms with Crippen molar-refractivity contribution in [1.82, 2.24) is 0 Å². The fraction of sp³-hybridized carbons (Fsp3) is 0.857. The van der Waals surface area contributed by atoms with Gasteiger partial charge in [-0.15, -0.1) is 0 Å². The summed E-state index contributed by atoms with van der Waals surface area (Å²) in [7, 11) is 0. The van der Waals surface area contributed by atoms with Crippen molar-refractivity contribution < 1.29 is 14.3 Å². The highest BCUT2D eigenvalue weighted by Crippen LogP contribution is 2.18. The van der Waals surface area contributed by atoms with Crippen LogP contribution < -0.4 is 0 Å². The smallest absolute Gasteiger partial charge is 0.123 e. The average Bonchev–Trinajstić information content (AvgIpc) is 2.11. The van der Waals surface area contributed by atoms with Crippen LogP contribution in [0, 0.1) is 23.7 Å². The van der Waals surface area contributed by atoms with Crippen LogP contribution in [0.1, 0.15) is 58.4 Å². The number of aliphatic hydroxyl groups is 2. The van der Waals surface area contributed by atoms with Crippen LogP contribution in [-0.4, -0.2) is 21.4 Å². The van der Waals surface area contributed by atoms with Gasteiger partial charge in [0.15, 0.2) is 0 Å². The second-order valence-electron chi connectivity index (χ2n) is 5.50. The molecule has 2 nitrogen and oxygen atoms in total. The molecule has 0 aliphatic carbocycles. The molecule has 16 heavy (non-hydrogen) atoms. The standard InChI is InChI=1S/C14H26O2/c1-11(2)9-13(5,15)7-8-14(6,16)10-12(3)4/h11-12,15-16H,9-10H2,1-6H3/i1D3. The first-order valence-corrected chi connectivity index (χ1v) is 5.74. The minimum atomic E-state index is -2.11. The number of rotatable bonds is 4. The van der Waals surface area contributed by atoms with E-state index in [4.69, 9.17) is 4.11 Å². The molecule has 3 atom stereocenters. The summed E-state index contributed by atoms with van der Waals surface area (Å²) in [4.78, 5) is 0. The van der Waals surface area contributed by atoms with Crippen LogP contribution in [0.25, 0.3) is 0 Å². The molecule has 0 saturated heterocycles. The first kappa shape index (κ1) is 10.6. The van der Waals surface area contributed by atoms with E-state index in [1.807, 2.05) is 13.8 Å². The predicted octanol–water partition coefficient (Wildman–Crippen LogP) is 2.58. The third-order valence-electron chi connectivity index (χ3n) is 2.11. The third-order valence-corrected chi connectivity index (χ3v) is 2.11. The first-order chi connectivity index (χ1) is 8.25. The molecular weight excluding hydrogens is 200 g/mol.